The van der Waals surface area contributed by atoms with E-state index in [0.717, 1.165) is 30.6 Å². The smallest absolute Gasteiger partial charge is 0.302 e. The van der Waals surface area contributed by atoms with Crippen LogP contribution >= 0.6 is 0 Å². The lowest BCUT2D eigenvalue weighted by Crippen LogP contribution is -2.50. The molecule has 3 fully saturated rings. The number of carbonyl (C=O) groups is 1. The molecule has 3 saturated carbocycles. The van der Waals surface area contributed by atoms with Crippen LogP contribution in [-0.4, -0.2) is 12.1 Å². The van der Waals surface area contributed by atoms with Gasteiger partial charge in [-0.25, -0.2) is 0 Å². The van der Waals surface area contributed by atoms with Gasteiger partial charge in [0.2, 0.25) is 0 Å². The number of allylic oxidation sites excluding steroid dienone is 5. The molecule has 0 saturated heterocycles. The van der Waals surface area contributed by atoms with E-state index in [4.69, 9.17) is 4.74 Å². The summed E-state index contributed by atoms with van der Waals surface area (Å²) < 4.78 is 5.63. The van der Waals surface area contributed by atoms with Crippen LogP contribution in [-0.2, 0) is 9.53 Å². The molecule has 4 aliphatic carbocycles. The number of hydrogen-bond acceptors (Lipinski definition) is 2. The number of carbonyl (C=O) groups excluding carboxylic acids is 1. The molecule has 2 nitrogen and oxygen atoms in total. The molecule has 0 amide bonds. The summed E-state index contributed by atoms with van der Waals surface area (Å²) >= 11 is 0. The number of hydrogen-bond donors (Lipinski definition) is 0. The zero-order chi connectivity index (χ0) is 23.3. The fourth-order valence-corrected chi connectivity index (χ4v) is 8.32. The molecule has 0 aliphatic heterocycles. The first-order valence-corrected chi connectivity index (χ1v) is 13.3. The molecule has 0 spiro atoms. The Bertz CT molecular complexity index is 804. The van der Waals surface area contributed by atoms with Crippen LogP contribution in [0.15, 0.2) is 36.0 Å². The molecule has 0 N–H and O–H groups in total. The Kier molecular flexibility index (Phi) is 6.56. The van der Waals surface area contributed by atoms with Gasteiger partial charge in [-0.15, -0.1) is 0 Å². The predicted molar refractivity (Wildman–Crippen MR) is 133 cm³/mol. The van der Waals surface area contributed by atoms with E-state index in [0.29, 0.717) is 28.6 Å². The predicted octanol–water partition coefficient (Wildman–Crippen LogP) is 7.90. The number of fused-ring (bicyclic) bond motifs is 5. The third-order valence-electron chi connectivity index (χ3n) is 10.4. The standard InChI is InChI=1S/C30H46O2/c1-19(2)20(3)8-9-21(4)26-12-13-27-25-11-10-23-18-24(32-22(5)31)14-16-29(23,6)28(25)15-17-30(26,27)7/h8-9,11,19,21,23-24,26-28H,3,10,12-18H2,1-2,4-7H3/t21-,23-,24+,26-,27-,28-,29-,30-/m0/s1. The maximum atomic E-state index is 11.5. The minimum Gasteiger partial charge on any atom is -0.463 e. The highest BCUT2D eigenvalue weighted by Gasteiger charge is 2.58. The average molecular weight is 439 g/mol. The second-order valence-corrected chi connectivity index (χ2v) is 12.4. The molecule has 0 aromatic carbocycles. The molecular formula is C30H46O2. The second-order valence-electron chi connectivity index (χ2n) is 12.4. The van der Waals surface area contributed by atoms with Crippen molar-refractivity contribution in [2.24, 2.45) is 46.3 Å². The van der Waals surface area contributed by atoms with Gasteiger partial charge in [0, 0.05) is 6.92 Å². The maximum Gasteiger partial charge on any atom is 0.302 e. The van der Waals surface area contributed by atoms with E-state index in [1.807, 2.05) is 5.57 Å². The summed E-state index contributed by atoms with van der Waals surface area (Å²) in [6.45, 7) is 17.9. The highest BCUT2D eigenvalue weighted by Crippen LogP contribution is 2.66. The molecule has 4 rings (SSSR count). The SMILES string of the molecule is C=C(C=C[C@H](C)[C@@H]1CC[C@H]2C3=CC[C@H]4C[C@H](OC(C)=O)CC[C@]4(C)[C@H]3CC[C@]21C)C(C)C. The van der Waals surface area contributed by atoms with Crippen LogP contribution in [0.4, 0.5) is 0 Å². The molecule has 0 heterocycles. The van der Waals surface area contributed by atoms with Gasteiger partial charge < -0.3 is 4.74 Å². The van der Waals surface area contributed by atoms with E-state index in [9.17, 15) is 4.79 Å². The maximum absolute atomic E-state index is 11.5. The van der Waals surface area contributed by atoms with Gasteiger partial charge in [0.25, 0.3) is 0 Å². The Hall–Kier alpha value is -1.31. The van der Waals surface area contributed by atoms with Crippen LogP contribution in [0.25, 0.3) is 0 Å². The van der Waals surface area contributed by atoms with E-state index in [2.05, 4.69) is 59.4 Å². The summed E-state index contributed by atoms with van der Waals surface area (Å²) in [4.78, 5) is 11.5. The monoisotopic (exact) mass is 438 g/mol. The topological polar surface area (TPSA) is 26.3 Å². The molecule has 2 heteroatoms. The van der Waals surface area contributed by atoms with E-state index in [-0.39, 0.29) is 12.1 Å². The van der Waals surface area contributed by atoms with Gasteiger partial charge >= 0.3 is 5.97 Å². The Balaban J connectivity index is 1.51. The van der Waals surface area contributed by atoms with Gasteiger partial charge in [-0.05, 0) is 97.7 Å². The molecule has 8 atom stereocenters. The lowest BCUT2D eigenvalue weighted by Gasteiger charge is -2.57. The van der Waals surface area contributed by atoms with Crippen molar-refractivity contribution in [3.05, 3.63) is 36.0 Å². The van der Waals surface area contributed by atoms with Crippen LogP contribution < -0.4 is 0 Å². The van der Waals surface area contributed by atoms with Gasteiger partial charge in [0.1, 0.15) is 6.10 Å². The largest absolute Gasteiger partial charge is 0.463 e. The zero-order valence-electron chi connectivity index (χ0n) is 21.5. The Labute approximate surface area is 197 Å². The van der Waals surface area contributed by atoms with Crippen LogP contribution in [0.1, 0.15) is 92.9 Å². The second kappa shape index (κ2) is 8.80. The van der Waals surface area contributed by atoms with Crippen molar-refractivity contribution in [3.8, 4) is 0 Å². The number of rotatable bonds is 5. The normalized spacial score (nSPS) is 42.1. The van der Waals surface area contributed by atoms with Gasteiger partial charge in [-0.3, -0.25) is 4.79 Å². The number of esters is 1. The van der Waals surface area contributed by atoms with Crippen LogP contribution in [0.2, 0.25) is 0 Å². The fraction of sp³-hybridized carbons (Fsp3) is 0.767. The lowest BCUT2D eigenvalue weighted by molar-refractivity contribution is -0.152. The minimum absolute atomic E-state index is 0.115. The molecular weight excluding hydrogens is 392 g/mol. The average Bonchev–Trinajstić information content (AvgIpc) is 3.08. The summed E-state index contributed by atoms with van der Waals surface area (Å²) in [6, 6.07) is 0. The zero-order valence-corrected chi connectivity index (χ0v) is 21.5. The molecule has 32 heavy (non-hydrogen) atoms. The highest BCUT2D eigenvalue weighted by molar-refractivity contribution is 5.66. The molecule has 0 bridgehead atoms. The molecule has 4 aliphatic rings. The Morgan fingerprint density at radius 3 is 2.47 bits per heavy atom. The van der Waals surface area contributed by atoms with Crippen molar-refractivity contribution in [2.75, 3.05) is 0 Å². The first kappa shape index (κ1) is 23.8. The third kappa shape index (κ3) is 4.05. The Morgan fingerprint density at radius 2 is 1.78 bits per heavy atom. The van der Waals surface area contributed by atoms with E-state index in [1.165, 1.54) is 44.1 Å². The molecule has 0 unspecified atom stereocenters. The first-order chi connectivity index (χ1) is 15.1. The van der Waals surface area contributed by atoms with Crippen LogP contribution in [0, 0.1) is 46.3 Å². The van der Waals surface area contributed by atoms with Gasteiger partial charge in [0.15, 0.2) is 0 Å². The quantitative estimate of drug-likeness (QED) is 0.248. The summed E-state index contributed by atoms with van der Waals surface area (Å²) in [5, 5.41) is 0. The lowest BCUT2D eigenvalue weighted by atomic mass is 9.47. The van der Waals surface area contributed by atoms with E-state index < -0.39 is 0 Å². The summed E-state index contributed by atoms with van der Waals surface area (Å²) in [5.74, 6) is 3.97. The fourth-order valence-electron chi connectivity index (χ4n) is 8.32. The van der Waals surface area contributed by atoms with Crippen molar-refractivity contribution in [3.63, 3.8) is 0 Å². The summed E-state index contributed by atoms with van der Waals surface area (Å²) in [7, 11) is 0. The van der Waals surface area contributed by atoms with Crippen molar-refractivity contribution in [1.82, 2.24) is 0 Å². The van der Waals surface area contributed by atoms with Crippen molar-refractivity contribution in [2.45, 2.75) is 99.0 Å². The van der Waals surface area contributed by atoms with Crippen molar-refractivity contribution < 1.29 is 9.53 Å². The molecule has 0 aromatic rings. The molecule has 0 aromatic heterocycles. The van der Waals surface area contributed by atoms with Gasteiger partial charge in [-0.1, -0.05) is 70.6 Å². The molecule has 178 valence electrons. The Morgan fingerprint density at radius 1 is 1.09 bits per heavy atom. The van der Waals surface area contributed by atoms with Crippen molar-refractivity contribution in [1.29, 1.82) is 0 Å². The number of ether oxygens (including phenoxy) is 1. The first-order valence-electron chi connectivity index (χ1n) is 13.3. The summed E-state index contributed by atoms with van der Waals surface area (Å²) in [5.41, 5.74) is 3.89. The van der Waals surface area contributed by atoms with Gasteiger partial charge in [0.05, 0.1) is 0 Å². The van der Waals surface area contributed by atoms with Gasteiger partial charge in [-0.2, -0.15) is 0 Å². The van der Waals surface area contributed by atoms with E-state index >= 15 is 0 Å². The minimum atomic E-state index is -0.115. The third-order valence-corrected chi connectivity index (χ3v) is 10.4. The van der Waals surface area contributed by atoms with Crippen LogP contribution in [0.3, 0.4) is 0 Å². The van der Waals surface area contributed by atoms with Crippen molar-refractivity contribution >= 4 is 5.97 Å². The summed E-state index contributed by atoms with van der Waals surface area (Å²) in [6.07, 6.45) is 17.5. The highest BCUT2D eigenvalue weighted by atomic mass is 16.5. The van der Waals surface area contributed by atoms with Crippen LogP contribution in [0.5, 0.6) is 0 Å². The van der Waals surface area contributed by atoms with E-state index in [1.54, 1.807) is 6.92 Å². The molecule has 0 radical (unpaired) electrons.